The fraction of sp³-hybridized carbons (Fsp3) is 0.417. The normalized spacial score (nSPS) is 22.9. The number of carboxylic acid groups (broad SMARTS) is 1. The molecular weight excluding hydrogens is 236 g/mol. The van der Waals surface area contributed by atoms with Gasteiger partial charge in [0.1, 0.15) is 0 Å². The number of nitrogens with zero attached hydrogens (tertiary/aromatic N) is 1. The van der Waals surface area contributed by atoms with Crippen molar-refractivity contribution in [2.75, 3.05) is 13.1 Å². The molecule has 0 spiro atoms. The Labute approximate surface area is 104 Å². The average molecular weight is 250 g/mol. The standard InChI is InChI=1S/C12H14N2O4/c15-11(16)12(5-6-13-8-12)7-9-1-3-10(4-2-9)14(17)18/h1-4,13H,5-8H2,(H,15,16). The summed E-state index contributed by atoms with van der Waals surface area (Å²) < 4.78 is 0. The maximum atomic E-state index is 11.4. The molecule has 6 nitrogen and oxygen atoms in total. The number of carboxylic acids is 1. The highest BCUT2D eigenvalue weighted by Crippen LogP contribution is 2.30. The van der Waals surface area contributed by atoms with E-state index in [-0.39, 0.29) is 5.69 Å². The smallest absolute Gasteiger partial charge is 0.311 e. The lowest BCUT2D eigenvalue weighted by atomic mass is 9.81. The van der Waals surface area contributed by atoms with E-state index in [9.17, 15) is 20.0 Å². The highest BCUT2D eigenvalue weighted by Gasteiger charge is 2.41. The third-order valence-corrected chi connectivity index (χ3v) is 3.39. The average Bonchev–Trinajstić information content (AvgIpc) is 2.79. The Kier molecular flexibility index (Phi) is 3.29. The first-order valence-corrected chi connectivity index (χ1v) is 5.71. The Balaban J connectivity index is 2.17. The van der Waals surface area contributed by atoms with Crippen LogP contribution in [0.3, 0.4) is 0 Å². The van der Waals surface area contributed by atoms with Gasteiger partial charge in [-0.3, -0.25) is 14.9 Å². The van der Waals surface area contributed by atoms with Gasteiger partial charge in [-0.05, 0) is 24.9 Å². The topological polar surface area (TPSA) is 92.5 Å². The van der Waals surface area contributed by atoms with E-state index in [1.54, 1.807) is 12.1 Å². The summed E-state index contributed by atoms with van der Waals surface area (Å²) in [6, 6.07) is 6.07. The third-order valence-electron chi connectivity index (χ3n) is 3.39. The summed E-state index contributed by atoms with van der Waals surface area (Å²) in [6.07, 6.45) is 0.979. The van der Waals surface area contributed by atoms with Crippen LogP contribution >= 0.6 is 0 Å². The molecule has 96 valence electrons. The van der Waals surface area contributed by atoms with Gasteiger partial charge in [-0.1, -0.05) is 12.1 Å². The molecule has 1 heterocycles. The molecule has 18 heavy (non-hydrogen) atoms. The van der Waals surface area contributed by atoms with Crippen LogP contribution in [0.25, 0.3) is 0 Å². The van der Waals surface area contributed by atoms with E-state index >= 15 is 0 Å². The maximum Gasteiger partial charge on any atom is 0.311 e. The molecule has 1 fully saturated rings. The molecular formula is C12H14N2O4. The second-order valence-electron chi connectivity index (χ2n) is 4.61. The first-order chi connectivity index (χ1) is 8.53. The zero-order valence-corrected chi connectivity index (χ0v) is 9.76. The van der Waals surface area contributed by atoms with E-state index in [4.69, 9.17) is 0 Å². The molecule has 0 aromatic heterocycles. The molecule has 1 aromatic carbocycles. The number of non-ortho nitro benzene ring substituents is 1. The summed E-state index contributed by atoms with van der Waals surface area (Å²) in [7, 11) is 0. The Morgan fingerprint density at radius 3 is 2.56 bits per heavy atom. The Bertz CT molecular complexity index is 463. The Hall–Kier alpha value is -1.95. The number of aliphatic carboxylic acids is 1. The second-order valence-corrected chi connectivity index (χ2v) is 4.61. The quantitative estimate of drug-likeness (QED) is 0.618. The first kappa shape index (κ1) is 12.5. The molecule has 2 rings (SSSR count). The molecule has 0 saturated carbocycles. The van der Waals surface area contributed by atoms with Gasteiger partial charge in [0.05, 0.1) is 10.3 Å². The van der Waals surface area contributed by atoms with Crippen molar-refractivity contribution in [3.8, 4) is 0 Å². The minimum absolute atomic E-state index is 0.0210. The maximum absolute atomic E-state index is 11.4. The molecule has 0 radical (unpaired) electrons. The highest BCUT2D eigenvalue weighted by atomic mass is 16.6. The molecule has 2 N–H and O–H groups in total. The minimum Gasteiger partial charge on any atom is -0.481 e. The van der Waals surface area contributed by atoms with Crippen molar-refractivity contribution in [3.63, 3.8) is 0 Å². The van der Waals surface area contributed by atoms with Crippen LogP contribution in [0.2, 0.25) is 0 Å². The van der Waals surface area contributed by atoms with Gasteiger partial charge in [0.2, 0.25) is 0 Å². The summed E-state index contributed by atoms with van der Waals surface area (Å²) in [4.78, 5) is 21.4. The number of rotatable bonds is 4. The summed E-state index contributed by atoms with van der Waals surface area (Å²) >= 11 is 0. The van der Waals surface area contributed by atoms with Gasteiger partial charge in [-0.25, -0.2) is 0 Å². The van der Waals surface area contributed by atoms with Crippen LogP contribution in [0.15, 0.2) is 24.3 Å². The van der Waals surface area contributed by atoms with Crippen LogP contribution in [-0.2, 0) is 11.2 Å². The minimum atomic E-state index is -0.814. The number of hydrogen-bond donors (Lipinski definition) is 2. The van der Waals surface area contributed by atoms with E-state index in [2.05, 4.69) is 5.32 Å². The number of benzene rings is 1. The van der Waals surface area contributed by atoms with E-state index in [1.165, 1.54) is 12.1 Å². The summed E-state index contributed by atoms with van der Waals surface area (Å²) in [5, 5.41) is 22.9. The Morgan fingerprint density at radius 1 is 1.44 bits per heavy atom. The lowest BCUT2D eigenvalue weighted by Gasteiger charge is -2.22. The Morgan fingerprint density at radius 2 is 2.11 bits per heavy atom. The monoisotopic (exact) mass is 250 g/mol. The molecule has 1 aromatic rings. The van der Waals surface area contributed by atoms with Crippen LogP contribution < -0.4 is 5.32 Å². The summed E-state index contributed by atoms with van der Waals surface area (Å²) in [5.41, 5.74) is 0.0511. The van der Waals surface area contributed by atoms with Crippen molar-refractivity contribution in [2.24, 2.45) is 5.41 Å². The third kappa shape index (κ3) is 2.33. The van der Waals surface area contributed by atoms with Gasteiger partial charge in [0.15, 0.2) is 0 Å². The number of nitrogens with one attached hydrogen (secondary N) is 1. The van der Waals surface area contributed by atoms with Crippen LogP contribution in [-0.4, -0.2) is 29.1 Å². The van der Waals surface area contributed by atoms with Gasteiger partial charge in [-0.2, -0.15) is 0 Å². The van der Waals surface area contributed by atoms with Crippen molar-refractivity contribution < 1.29 is 14.8 Å². The molecule has 0 amide bonds. The van der Waals surface area contributed by atoms with Crippen molar-refractivity contribution in [2.45, 2.75) is 12.8 Å². The zero-order chi connectivity index (χ0) is 13.2. The van der Waals surface area contributed by atoms with Crippen molar-refractivity contribution in [1.29, 1.82) is 0 Å². The summed E-state index contributed by atoms with van der Waals surface area (Å²) in [6.45, 7) is 1.14. The lowest BCUT2D eigenvalue weighted by molar-refractivity contribution is -0.384. The zero-order valence-electron chi connectivity index (χ0n) is 9.76. The molecule has 0 bridgehead atoms. The van der Waals surface area contributed by atoms with Crippen LogP contribution in [0.5, 0.6) is 0 Å². The number of nitro benzene ring substituents is 1. The number of carbonyl (C=O) groups is 1. The van der Waals surface area contributed by atoms with Crippen molar-refractivity contribution in [3.05, 3.63) is 39.9 Å². The van der Waals surface area contributed by atoms with Crippen LogP contribution in [0.4, 0.5) is 5.69 Å². The summed E-state index contributed by atoms with van der Waals surface area (Å²) in [5.74, 6) is -0.814. The molecule has 6 heteroatoms. The van der Waals surface area contributed by atoms with Gasteiger partial charge in [-0.15, -0.1) is 0 Å². The molecule has 1 aliphatic heterocycles. The molecule has 1 saturated heterocycles. The largest absolute Gasteiger partial charge is 0.481 e. The van der Waals surface area contributed by atoms with Crippen LogP contribution in [0, 0.1) is 15.5 Å². The van der Waals surface area contributed by atoms with Gasteiger partial charge < -0.3 is 10.4 Å². The van der Waals surface area contributed by atoms with Gasteiger partial charge in [0.25, 0.3) is 5.69 Å². The van der Waals surface area contributed by atoms with E-state index < -0.39 is 16.3 Å². The predicted octanol–water partition coefficient (Wildman–Crippen LogP) is 1.20. The van der Waals surface area contributed by atoms with Gasteiger partial charge >= 0.3 is 5.97 Å². The van der Waals surface area contributed by atoms with Crippen LogP contribution in [0.1, 0.15) is 12.0 Å². The lowest BCUT2D eigenvalue weighted by Crippen LogP contribution is -2.35. The van der Waals surface area contributed by atoms with Crippen molar-refractivity contribution in [1.82, 2.24) is 5.32 Å². The fourth-order valence-electron chi connectivity index (χ4n) is 2.28. The second kappa shape index (κ2) is 4.73. The SMILES string of the molecule is O=C(O)C1(Cc2ccc([N+](=O)[O-])cc2)CCNC1. The predicted molar refractivity (Wildman–Crippen MR) is 64.4 cm³/mol. The molecule has 0 aliphatic carbocycles. The molecule has 1 atom stereocenters. The number of hydrogen-bond acceptors (Lipinski definition) is 4. The highest BCUT2D eigenvalue weighted by molar-refractivity contribution is 5.76. The molecule has 1 unspecified atom stereocenters. The first-order valence-electron chi connectivity index (χ1n) is 5.71. The number of nitro groups is 1. The van der Waals surface area contributed by atoms with E-state index in [0.29, 0.717) is 25.9 Å². The van der Waals surface area contributed by atoms with Crippen molar-refractivity contribution >= 4 is 11.7 Å². The molecule has 1 aliphatic rings. The van der Waals surface area contributed by atoms with E-state index in [0.717, 1.165) is 5.56 Å². The van der Waals surface area contributed by atoms with Gasteiger partial charge in [0, 0.05) is 18.7 Å². The fourth-order valence-corrected chi connectivity index (χ4v) is 2.28. The van der Waals surface area contributed by atoms with E-state index in [1.807, 2.05) is 0 Å².